The van der Waals surface area contributed by atoms with Crippen LogP contribution < -0.4 is 9.47 Å². The predicted octanol–water partition coefficient (Wildman–Crippen LogP) is 4.50. The van der Waals surface area contributed by atoms with Gasteiger partial charge in [-0.1, -0.05) is 37.3 Å². The zero-order valence-electron chi connectivity index (χ0n) is 19.1. The van der Waals surface area contributed by atoms with Gasteiger partial charge in [-0.2, -0.15) is 0 Å². The van der Waals surface area contributed by atoms with Crippen molar-refractivity contribution in [1.82, 2.24) is 9.88 Å². The summed E-state index contributed by atoms with van der Waals surface area (Å²) in [6.45, 7) is 2.65. The first-order valence-electron chi connectivity index (χ1n) is 11.1. The smallest absolute Gasteiger partial charge is 0.296 e. The number of methoxy groups -OCH3 is 1. The second-order valence-corrected chi connectivity index (χ2v) is 7.90. The monoisotopic (exact) mass is 458 g/mol. The zero-order chi connectivity index (χ0) is 24.1. The second kappa shape index (κ2) is 10.2. The fraction of sp³-hybridized carbons (Fsp3) is 0.222. The van der Waals surface area contributed by atoms with Crippen molar-refractivity contribution in [3.8, 4) is 11.5 Å². The van der Waals surface area contributed by atoms with Crippen molar-refractivity contribution >= 4 is 17.4 Å². The molecule has 2 aromatic carbocycles. The first-order valence-corrected chi connectivity index (χ1v) is 11.1. The lowest BCUT2D eigenvalue weighted by molar-refractivity contribution is -0.140. The number of carbonyl (C=O) groups is 2. The number of aliphatic hydroxyl groups is 1. The van der Waals surface area contributed by atoms with Crippen LogP contribution in [0.25, 0.3) is 5.76 Å². The Kier molecular flexibility index (Phi) is 6.92. The predicted molar refractivity (Wildman–Crippen MR) is 127 cm³/mol. The van der Waals surface area contributed by atoms with E-state index in [1.165, 1.54) is 4.90 Å². The van der Waals surface area contributed by atoms with Crippen LogP contribution in [0.3, 0.4) is 0 Å². The lowest BCUT2D eigenvalue weighted by Gasteiger charge is -2.25. The maximum Gasteiger partial charge on any atom is 0.296 e. The number of hydrogen-bond donors (Lipinski definition) is 1. The summed E-state index contributed by atoms with van der Waals surface area (Å²) >= 11 is 0. The number of pyridine rings is 1. The Hall–Kier alpha value is -4.13. The summed E-state index contributed by atoms with van der Waals surface area (Å²) in [5.41, 5.74) is 1.70. The van der Waals surface area contributed by atoms with E-state index in [1.807, 2.05) is 13.0 Å². The molecule has 0 radical (unpaired) electrons. The minimum Gasteiger partial charge on any atom is -0.507 e. The van der Waals surface area contributed by atoms with Gasteiger partial charge in [-0.05, 0) is 48.4 Å². The highest BCUT2D eigenvalue weighted by Gasteiger charge is 2.46. The minimum atomic E-state index is -0.808. The number of benzene rings is 2. The number of ketones is 1. The number of aliphatic hydroxyl groups excluding tert-OH is 1. The molecule has 1 saturated heterocycles. The van der Waals surface area contributed by atoms with Crippen LogP contribution in [0.15, 0.2) is 78.5 Å². The van der Waals surface area contributed by atoms with E-state index in [0.29, 0.717) is 34.9 Å². The Labute approximate surface area is 198 Å². The molecule has 1 fully saturated rings. The molecular formula is C27H26N2O5. The molecule has 1 aliphatic heterocycles. The number of aromatic nitrogens is 1. The molecule has 1 aromatic heterocycles. The van der Waals surface area contributed by atoms with Crippen molar-refractivity contribution in [2.75, 3.05) is 13.7 Å². The van der Waals surface area contributed by atoms with Gasteiger partial charge in [0.05, 0.1) is 37.6 Å². The van der Waals surface area contributed by atoms with Gasteiger partial charge in [-0.3, -0.25) is 14.6 Å². The van der Waals surface area contributed by atoms with E-state index in [4.69, 9.17) is 9.47 Å². The molecule has 7 nitrogen and oxygen atoms in total. The van der Waals surface area contributed by atoms with Crippen LogP contribution in [0.5, 0.6) is 11.5 Å². The molecule has 1 N–H and O–H groups in total. The molecule has 34 heavy (non-hydrogen) atoms. The summed E-state index contributed by atoms with van der Waals surface area (Å²) < 4.78 is 11.0. The van der Waals surface area contributed by atoms with Crippen molar-refractivity contribution in [2.24, 2.45) is 0 Å². The molecule has 1 amide bonds. The van der Waals surface area contributed by atoms with Crippen LogP contribution >= 0.6 is 0 Å². The lowest BCUT2D eigenvalue weighted by Crippen LogP contribution is -2.29. The minimum absolute atomic E-state index is 0.0156. The van der Waals surface area contributed by atoms with E-state index in [1.54, 1.807) is 74.0 Å². The Balaban J connectivity index is 1.83. The highest BCUT2D eigenvalue weighted by molar-refractivity contribution is 6.46. The van der Waals surface area contributed by atoms with Gasteiger partial charge in [0.25, 0.3) is 11.7 Å². The van der Waals surface area contributed by atoms with Crippen LogP contribution in [0.2, 0.25) is 0 Å². The summed E-state index contributed by atoms with van der Waals surface area (Å²) in [7, 11) is 1.55. The molecule has 3 aromatic rings. The Morgan fingerprint density at radius 1 is 1.03 bits per heavy atom. The van der Waals surface area contributed by atoms with E-state index < -0.39 is 17.7 Å². The summed E-state index contributed by atoms with van der Waals surface area (Å²) in [6, 6.07) is 18.6. The maximum atomic E-state index is 13.2. The third-order valence-corrected chi connectivity index (χ3v) is 5.59. The largest absolute Gasteiger partial charge is 0.507 e. The van der Waals surface area contributed by atoms with Gasteiger partial charge in [0.2, 0.25) is 0 Å². The molecule has 1 unspecified atom stereocenters. The number of nitrogens with zero attached hydrogens (tertiary/aromatic N) is 2. The van der Waals surface area contributed by atoms with Gasteiger partial charge in [0, 0.05) is 11.8 Å². The van der Waals surface area contributed by atoms with Gasteiger partial charge in [-0.15, -0.1) is 0 Å². The van der Waals surface area contributed by atoms with Crippen LogP contribution in [0.4, 0.5) is 0 Å². The van der Waals surface area contributed by atoms with Crippen LogP contribution in [-0.4, -0.2) is 40.4 Å². The summed E-state index contributed by atoms with van der Waals surface area (Å²) in [4.78, 5) is 32.1. The van der Waals surface area contributed by atoms with Crippen molar-refractivity contribution in [3.05, 3.63) is 95.3 Å². The summed E-state index contributed by atoms with van der Waals surface area (Å²) in [6.07, 6.45) is 2.47. The van der Waals surface area contributed by atoms with E-state index in [-0.39, 0.29) is 17.9 Å². The molecule has 7 heteroatoms. The molecule has 1 atom stereocenters. The van der Waals surface area contributed by atoms with E-state index in [9.17, 15) is 14.7 Å². The topological polar surface area (TPSA) is 89.0 Å². The SMILES string of the molecule is CCCOc1cccc(/C(O)=C2/C(=O)C(=O)N(Cc3ccccn3)C2c2cccc(OC)c2)c1. The van der Waals surface area contributed by atoms with Crippen LogP contribution in [0, 0.1) is 0 Å². The molecule has 2 heterocycles. The Bertz CT molecular complexity index is 1220. The highest BCUT2D eigenvalue weighted by Crippen LogP contribution is 2.41. The fourth-order valence-corrected chi connectivity index (χ4v) is 3.98. The third kappa shape index (κ3) is 4.64. The zero-order valence-corrected chi connectivity index (χ0v) is 19.1. The van der Waals surface area contributed by atoms with E-state index in [0.717, 1.165) is 6.42 Å². The van der Waals surface area contributed by atoms with Gasteiger partial charge >= 0.3 is 0 Å². The van der Waals surface area contributed by atoms with Crippen molar-refractivity contribution in [1.29, 1.82) is 0 Å². The van der Waals surface area contributed by atoms with Gasteiger partial charge in [0.15, 0.2) is 0 Å². The third-order valence-electron chi connectivity index (χ3n) is 5.59. The first-order chi connectivity index (χ1) is 16.5. The number of Topliss-reactive ketones (excluding diaryl/α,β-unsaturated/α-hetero) is 1. The molecule has 4 rings (SSSR count). The van der Waals surface area contributed by atoms with Crippen molar-refractivity contribution in [3.63, 3.8) is 0 Å². The average molecular weight is 459 g/mol. The van der Waals surface area contributed by atoms with Crippen LogP contribution in [0.1, 0.15) is 36.2 Å². The molecule has 0 spiro atoms. The number of likely N-dealkylation sites (tertiary alicyclic amines) is 1. The van der Waals surface area contributed by atoms with E-state index >= 15 is 0 Å². The molecule has 0 bridgehead atoms. The molecule has 0 saturated carbocycles. The number of hydrogen-bond acceptors (Lipinski definition) is 6. The van der Waals surface area contributed by atoms with Gasteiger partial charge < -0.3 is 19.5 Å². The second-order valence-electron chi connectivity index (χ2n) is 7.90. The molecule has 0 aliphatic carbocycles. The standard InChI is InChI=1S/C27H26N2O5/c1-3-14-34-22-12-7-9-19(16-22)25(30)23-24(18-8-6-11-21(15-18)33-2)29(27(32)26(23)31)17-20-10-4-5-13-28-20/h4-13,15-16,24,30H,3,14,17H2,1-2H3/b25-23-. The number of rotatable bonds is 8. The molecule has 174 valence electrons. The van der Waals surface area contributed by atoms with Gasteiger partial charge in [-0.25, -0.2) is 0 Å². The van der Waals surface area contributed by atoms with Crippen molar-refractivity contribution < 1.29 is 24.2 Å². The number of carbonyl (C=O) groups excluding carboxylic acids is 2. The first kappa shape index (κ1) is 23.0. The summed E-state index contributed by atoms with van der Waals surface area (Å²) in [5.74, 6) is -0.543. The Morgan fingerprint density at radius 2 is 1.82 bits per heavy atom. The van der Waals surface area contributed by atoms with E-state index in [2.05, 4.69) is 4.98 Å². The Morgan fingerprint density at radius 3 is 2.56 bits per heavy atom. The maximum absolute atomic E-state index is 13.2. The van der Waals surface area contributed by atoms with Gasteiger partial charge in [0.1, 0.15) is 17.3 Å². The highest BCUT2D eigenvalue weighted by atomic mass is 16.5. The summed E-state index contributed by atoms with van der Waals surface area (Å²) in [5, 5.41) is 11.3. The quantitative estimate of drug-likeness (QED) is 0.304. The normalized spacial score (nSPS) is 17.1. The average Bonchev–Trinajstić information content (AvgIpc) is 3.12. The number of amides is 1. The number of ether oxygens (including phenoxy) is 2. The van der Waals surface area contributed by atoms with Crippen LogP contribution in [-0.2, 0) is 16.1 Å². The lowest BCUT2D eigenvalue weighted by atomic mass is 9.95. The molecule has 1 aliphatic rings. The fourth-order valence-electron chi connectivity index (χ4n) is 3.98. The van der Waals surface area contributed by atoms with Crippen molar-refractivity contribution in [2.45, 2.75) is 25.9 Å². The molecular weight excluding hydrogens is 432 g/mol.